The molecule has 0 radical (unpaired) electrons. The highest BCUT2D eigenvalue weighted by Gasteiger charge is 2.31. The number of rotatable bonds is 1. The molecule has 1 aliphatic heterocycles. The van der Waals surface area contributed by atoms with Gasteiger partial charge in [-0.15, -0.1) is 0 Å². The third-order valence-electron chi connectivity index (χ3n) is 4.96. The first-order valence-corrected chi connectivity index (χ1v) is 7.81. The maximum atomic E-state index is 3.56. The van der Waals surface area contributed by atoms with E-state index in [1.54, 1.807) is 0 Å². The highest BCUT2D eigenvalue weighted by molar-refractivity contribution is 5.55. The molecule has 3 atom stereocenters. The van der Waals surface area contributed by atoms with E-state index < -0.39 is 0 Å². The summed E-state index contributed by atoms with van der Waals surface area (Å²) in [6.07, 6.45) is 4.15. The quantitative estimate of drug-likeness (QED) is 0.830. The molecular formula is C17H26N2. The van der Waals surface area contributed by atoms with Crippen LogP contribution < -0.4 is 10.2 Å². The van der Waals surface area contributed by atoms with Crippen molar-refractivity contribution in [2.24, 2.45) is 11.8 Å². The van der Waals surface area contributed by atoms with Crippen molar-refractivity contribution < 1.29 is 0 Å². The van der Waals surface area contributed by atoms with Gasteiger partial charge in [0.25, 0.3) is 0 Å². The van der Waals surface area contributed by atoms with Crippen LogP contribution in [0.3, 0.4) is 0 Å². The molecule has 3 rings (SSSR count). The van der Waals surface area contributed by atoms with Crippen molar-refractivity contribution in [1.82, 2.24) is 5.32 Å². The minimum absolute atomic E-state index is 0.727. The summed E-state index contributed by atoms with van der Waals surface area (Å²) >= 11 is 0. The number of fused-ring (bicyclic) bond motifs is 1. The van der Waals surface area contributed by atoms with Crippen LogP contribution in [-0.2, 0) is 6.54 Å². The molecule has 0 spiro atoms. The molecule has 1 saturated carbocycles. The van der Waals surface area contributed by atoms with Crippen molar-refractivity contribution in [3.05, 3.63) is 29.8 Å². The van der Waals surface area contributed by atoms with Crippen molar-refractivity contribution in [2.45, 2.75) is 45.7 Å². The summed E-state index contributed by atoms with van der Waals surface area (Å²) in [6.45, 7) is 8.13. The van der Waals surface area contributed by atoms with E-state index in [0.717, 1.165) is 37.5 Å². The highest BCUT2D eigenvalue weighted by atomic mass is 15.2. The molecule has 1 N–H and O–H groups in total. The Kier molecular flexibility index (Phi) is 3.79. The minimum Gasteiger partial charge on any atom is -0.367 e. The molecule has 1 aromatic rings. The molecule has 19 heavy (non-hydrogen) atoms. The molecule has 3 unspecified atom stereocenters. The Morgan fingerprint density at radius 2 is 2.00 bits per heavy atom. The fourth-order valence-electron chi connectivity index (χ4n) is 3.76. The Morgan fingerprint density at radius 1 is 1.16 bits per heavy atom. The van der Waals surface area contributed by atoms with Crippen LogP contribution in [0.1, 0.15) is 38.7 Å². The van der Waals surface area contributed by atoms with Crippen LogP contribution in [0.2, 0.25) is 0 Å². The molecule has 2 heteroatoms. The van der Waals surface area contributed by atoms with E-state index in [-0.39, 0.29) is 0 Å². The van der Waals surface area contributed by atoms with Gasteiger partial charge in [-0.2, -0.15) is 0 Å². The first-order chi connectivity index (χ1) is 9.25. The van der Waals surface area contributed by atoms with Gasteiger partial charge in [-0.1, -0.05) is 38.5 Å². The van der Waals surface area contributed by atoms with Crippen LogP contribution in [0.5, 0.6) is 0 Å². The molecule has 0 bridgehead atoms. The van der Waals surface area contributed by atoms with Crippen LogP contribution in [0, 0.1) is 11.8 Å². The van der Waals surface area contributed by atoms with Crippen molar-refractivity contribution in [3.63, 3.8) is 0 Å². The van der Waals surface area contributed by atoms with E-state index in [1.807, 2.05) is 0 Å². The van der Waals surface area contributed by atoms with Crippen molar-refractivity contribution >= 4 is 5.69 Å². The SMILES string of the molecule is CC1CCC(C)C(N2CCNCc3ccccc32)C1. The lowest BCUT2D eigenvalue weighted by Gasteiger charge is -2.42. The fraction of sp³-hybridized carbons (Fsp3) is 0.647. The Hall–Kier alpha value is -1.02. The molecule has 2 nitrogen and oxygen atoms in total. The van der Waals surface area contributed by atoms with Crippen molar-refractivity contribution in [2.75, 3.05) is 18.0 Å². The second-order valence-electron chi connectivity index (χ2n) is 6.46. The smallest absolute Gasteiger partial charge is 0.0414 e. The van der Waals surface area contributed by atoms with Gasteiger partial charge in [0.2, 0.25) is 0 Å². The minimum atomic E-state index is 0.727. The number of para-hydroxylation sites is 1. The zero-order valence-corrected chi connectivity index (χ0v) is 12.2. The van der Waals surface area contributed by atoms with Gasteiger partial charge < -0.3 is 10.2 Å². The van der Waals surface area contributed by atoms with Gasteiger partial charge in [0, 0.05) is 31.4 Å². The van der Waals surface area contributed by atoms with Crippen LogP contribution in [0.25, 0.3) is 0 Å². The maximum Gasteiger partial charge on any atom is 0.0414 e. The van der Waals surface area contributed by atoms with E-state index in [0.29, 0.717) is 0 Å². The number of nitrogens with zero attached hydrogens (tertiary/aromatic N) is 1. The predicted molar refractivity (Wildman–Crippen MR) is 81.5 cm³/mol. The molecule has 1 heterocycles. The van der Waals surface area contributed by atoms with E-state index in [1.165, 1.54) is 30.5 Å². The molecule has 0 amide bonds. The van der Waals surface area contributed by atoms with Gasteiger partial charge >= 0.3 is 0 Å². The van der Waals surface area contributed by atoms with Crippen LogP contribution in [-0.4, -0.2) is 19.1 Å². The summed E-state index contributed by atoms with van der Waals surface area (Å²) in [5.41, 5.74) is 2.93. The normalized spacial score (nSPS) is 31.7. The average molecular weight is 258 g/mol. The van der Waals surface area contributed by atoms with E-state index in [4.69, 9.17) is 0 Å². The van der Waals surface area contributed by atoms with E-state index in [2.05, 4.69) is 48.3 Å². The standard InChI is InChI=1S/C17H26N2/c1-13-7-8-14(2)17(11-13)19-10-9-18-12-15-5-3-4-6-16(15)19/h3-6,13-14,17-18H,7-12H2,1-2H3. The van der Waals surface area contributed by atoms with E-state index >= 15 is 0 Å². The summed E-state index contributed by atoms with van der Waals surface area (Å²) in [4.78, 5) is 2.69. The van der Waals surface area contributed by atoms with Gasteiger partial charge in [0.15, 0.2) is 0 Å². The van der Waals surface area contributed by atoms with Gasteiger partial charge in [-0.25, -0.2) is 0 Å². The summed E-state index contributed by atoms with van der Waals surface area (Å²) in [7, 11) is 0. The summed E-state index contributed by atoms with van der Waals surface area (Å²) < 4.78 is 0. The lowest BCUT2D eigenvalue weighted by Crippen LogP contribution is -2.45. The largest absolute Gasteiger partial charge is 0.367 e. The zero-order valence-electron chi connectivity index (χ0n) is 12.2. The predicted octanol–water partition coefficient (Wildman–Crippen LogP) is 3.42. The van der Waals surface area contributed by atoms with Gasteiger partial charge in [-0.05, 0) is 36.3 Å². The monoisotopic (exact) mass is 258 g/mol. The Morgan fingerprint density at radius 3 is 2.89 bits per heavy atom. The molecular weight excluding hydrogens is 232 g/mol. The van der Waals surface area contributed by atoms with Gasteiger partial charge in [0.05, 0.1) is 0 Å². The molecule has 0 saturated heterocycles. The Labute approximate surface area is 117 Å². The topological polar surface area (TPSA) is 15.3 Å². The van der Waals surface area contributed by atoms with Gasteiger partial charge in [0.1, 0.15) is 0 Å². The second-order valence-corrected chi connectivity index (χ2v) is 6.46. The number of benzene rings is 1. The van der Waals surface area contributed by atoms with Crippen LogP contribution in [0.15, 0.2) is 24.3 Å². The first-order valence-electron chi connectivity index (χ1n) is 7.81. The lowest BCUT2D eigenvalue weighted by molar-refractivity contribution is 0.254. The number of nitrogens with one attached hydrogen (secondary N) is 1. The molecule has 1 aromatic carbocycles. The van der Waals surface area contributed by atoms with E-state index in [9.17, 15) is 0 Å². The summed E-state index contributed by atoms with van der Waals surface area (Å²) in [5.74, 6) is 1.70. The van der Waals surface area contributed by atoms with Gasteiger partial charge in [-0.3, -0.25) is 0 Å². The average Bonchev–Trinajstić information content (AvgIpc) is 2.64. The summed E-state index contributed by atoms with van der Waals surface area (Å²) in [5, 5.41) is 3.56. The Balaban J connectivity index is 1.90. The molecule has 0 aromatic heterocycles. The number of hydrogen-bond donors (Lipinski definition) is 1. The van der Waals surface area contributed by atoms with Crippen LogP contribution >= 0.6 is 0 Å². The van der Waals surface area contributed by atoms with Crippen molar-refractivity contribution in [3.8, 4) is 0 Å². The molecule has 2 aliphatic rings. The first kappa shape index (κ1) is 13.0. The van der Waals surface area contributed by atoms with Crippen LogP contribution in [0.4, 0.5) is 5.69 Å². The lowest BCUT2D eigenvalue weighted by atomic mass is 9.79. The number of anilines is 1. The van der Waals surface area contributed by atoms with Crippen molar-refractivity contribution in [1.29, 1.82) is 0 Å². The fourth-order valence-corrected chi connectivity index (χ4v) is 3.76. The maximum absolute atomic E-state index is 3.56. The number of hydrogen-bond acceptors (Lipinski definition) is 2. The third kappa shape index (κ3) is 2.64. The second kappa shape index (κ2) is 5.54. The zero-order chi connectivity index (χ0) is 13.2. The molecule has 104 valence electrons. The molecule has 1 fully saturated rings. The third-order valence-corrected chi connectivity index (χ3v) is 4.96. The Bertz CT molecular complexity index is 429. The highest BCUT2D eigenvalue weighted by Crippen LogP contribution is 2.35. The summed E-state index contributed by atoms with van der Waals surface area (Å²) in [6, 6.07) is 9.67. The molecule has 1 aliphatic carbocycles.